The van der Waals surface area contributed by atoms with Gasteiger partial charge in [-0.1, -0.05) is 22.9 Å². The van der Waals surface area contributed by atoms with E-state index in [1.807, 2.05) is 19.1 Å². The van der Waals surface area contributed by atoms with Crippen molar-refractivity contribution in [3.05, 3.63) is 41.2 Å². The van der Waals surface area contributed by atoms with Gasteiger partial charge < -0.3 is 9.47 Å². The second-order valence-electron chi connectivity index (χ2n) is 4.47. The predicted molar refractivity (Wildman–Crippen MR) is 78.0 cm³/mol. The minimum Gasteiger partial charge on any atom is -0.461 e. The van der Waals surface area contributed by atoms with Crippen LogP contribution in [0.3, 0.4) is 0 Å². The summed E-state index contributed by atoms with van der Waals surface area (Å²) in [5.74, 6) is -1.37. The molecule has 0 saturated carbocycles. The number of carbonyl (C=O) groups excluding carboxylic acids is 2. The Hall–Kier alpha value is -2.70. The summed E-state index contributed by atoms with van der Waals surface area (Å²) < 4.78 is 11.2. The number of esters is 2. The third kappa shape index (κ3) is 3.13. The summed E-state index contributed by atoms with van der Waals surface area (Å²) in [6.45, 7) is 5.66. The van der Waals surface area contributed by atoms with Crippen molar-refractivity contribution >= 4 is 11.9 Å². The van der Waals surface area contributed by atoms with Gasteiger partial charge in [-0.15, -0.1) is 5.10 Å². The Balaban J connectivity index is 2.52. The van der Waals surface area contributed by atoms with E-state index in [9.17, 15) is 9.59 Å². The maximum absolute atomic E-state index is 12.2. The first kappa shape index (κ1) is 15.7. The molecule has 7 nitrogen and oxygen atoms in total. The van der Waals surface area contributed by atoms with Gasteiger partial charge in [0.15, 0.2) is 5.69 Å². The Kier molecular flexibility index (Phi) is 4.88. The van der Waals surface area contributed by atoms with Gasteiger partial charge in [-0.2, -0.15) is 0 Å². The van der Waals surface area contributed by atoms with Crippen LogP contribution in [0.25, 0.3) is 5.69 Å². The first-order valence-corrected chi connectivity index (χ1v) is 6.95. The first-order chi connectivity index (χ1) is 10.6. The molecule has 0 bridgehead atoms. The fourth-order valence-corrected chi connectivity index (χ4v) is 1.87. The molecule has 22 heavy (non-hydrogen) atoms. The summed E-state index contributed by atoms with van der Waals surface area (Å²) in [7, 11) is 0. The average molecular weight is 303 g/mol. The van der Waals surface area contributed by atoms with E-state index in [-0.39, 0.29) is 24.6 Å². The van der Waals surface area contributed by atoms with E-state index < -0.39 is 11.9 Å². The highest BCUT2D eigenvalue weighted by molar-refractivity contribution is 6.00. The minimum atomic E-state index is -0.705. The minimum absolute atomic E-state index is 0.0378. The SMILES string of the molecule is CCOC(=O)c1nnn(-c2ccc(C)cc2)c1C(=O)OCC. The number of hydrogen-bond acceptors (Lipinski definition) is 6. The molecular formula is C15H17N3O4. The zero-order valence-electron chi connectivity index (χ0n) is 12.7. The maximum Gasteiger partial charge on any atom is 0.361 e. The molecule has 0 aliphatic carbocycles. The van der Waals surface area contributed by atoms with E-state index >= 15 is 0 Å². The standard InChI is InChI=1S/C15H17N3O4/c1-4-21-14(19)12-13(15(20)22-5-2)18(17-16-12)11-8-6-10(3)7-9-11/h6-9H,4-5H2,1-3H3. The quantitative estimate of drug-likeness (QED) is 0.785. The summed E-state index contributed by atoms with van der Waals surface area (Å²) in [6.07, 6.45) is 0. The zero-order chi connectivity index (χ0) is 16.1. The number of hydrogen-bond donors (Lipinski definition) is 0. The van der Waals surface area contributed by atoms with Crippen molar-refractivity contribution in [2.45, 2.75) is 20.8 Å². The molecule has 1 aromatic heterocycles. The molecular weight excluding hydrogens is 286 g/mol. The molecule has 0 radical (unpaired) electrons. The van der Waals surface area contributed by atoms with E-state index in [1.165, 1.54) is 4.68 Å². The van der Waals surface area contributed by atoms with Crippen LogP contribution in [0.4, 0.5) is 0 Å². The predicted octanol–water partition coefficient (Wildman–Crippen LogP) is 1.93. The summed E-state index contributed by atoms with van der Waals surface area (Å²) >= 11 is 0. The zero-order valence-corrected chi connectivity index (χ0v) is 12.7. The van der Waals surface area contributed by atoms with Crippen LogP contribution in [0.1, 0.15) is 40.4 Å². The molecule has 0 fully saturated rings. The van der Waals surface area contributed by atoms with E-state index in [2.05, 4.69) is 10.3 Å². The second-order valence-corrected chi connectivity index (χ2v) is 4.47. The lowest BCUT2D eigenvalue weighted by atomic mass is 10.2. The summed E-state index contributed by atoms with van der Waals surface area (Å²) in [6, 6.07) is 7.30. The number of ether oxygens (including phenoxy) is 2. The molecule has 0 saturated heterocycles. The molecule has 0 amide bonds. The van der Waals surface area contributed by atoms with Gasteiger partial charge in [0.1, 0.15) is 0 Å². The van der Waals surface area contributed by atoms with Gasteiger partial charge in [-0.05, 0) is 32.9 Å². The Morgan fingerprint density at radius 3 is 2.23 bits per heavy atom. The molecule has 0 N–H and O–H groups in total. The first-order valence-electron chi connectivity index (χ1n) is 6.95. The fourth-order valence-electron chi connectivity index (χ4n) is 1.87. The van der Waals surface area contributed by atoms with Gasteiger partial charge in [0.2, 0.25) is 5.69 Å². The lowest BCUT2D eigenvalue weighted by Gasteiger charge is -2.07. The summed E-state index contributed by atoms with van der Waals surface area (Å²) in [5, 5.41) is 7.66. The molecule has 0 atom stereocenters. The number of benzene rings is 1. The molecule has 0 aliphatic rings. The Labute approximate surface area is 127 Å². The van der Waals surface area contributed by atoms with Gasteiger partial charge in [-0.3, -0.25) is 0 Å². The van der Waals surface area contributed by atoms with Gasteiger partial charge in [0.25, 0.3) is 0 Å². The highest BCUT2D eigenvalue weighted by atomic mass is 16.5. The largest absolute Gasteiger partial charge is 0.461 e. The Morgan fingerprint density at radius 1 is 1.05 bits per heavy atom. The number of carbonyl (C=O) groups is 2. The maximum atomic E-state index is 12.2. The van der Waals surface area contributed by atoms with Crippen molar-refractivity contribution in [3.63, 3.8) is 0 Å². The van der Waals surface area contributed by atoms with Crippen molar-refractivity contribution in [3.8, 4) is 5.69 Å². The van der Waals surface area contributed by atoms with Gasteiger partial charge in [-0.25, -0.2) is 14.3 Å². The second kappa shape index (κ2) is 6.84. The van der Waals surface area contributed by atoms with Crippen molar-refractivity contribution in [2.75, 3.05) is 13.2 Å². The van der Waals surface area contributed by atoms with Crippen molar-refractivity contribution in [2.24, 2.45) is 0 Å². The van der Waals surface area contributed by atoms with Gasteiger partial charge >= 0.3 is 11.9 Å². The summed E-state index contributed by atoms with van der Waals surface area (Å²) in [4.78, 5) is 24.1. The van der Waals surface area contributed by atoms with Crippen LogP contribution < -0.4 is 0 Å². The number of aromatic nitrogens is 3. The molecule has 116 valence electrons. The highest BCUT2D eigenvalue weighted by Crippen LogP contribution is 2.16. The van der Waals surface area contributed by atoms with E-state index in [0.29, 0.717) is 5.69 Å². The molecule has 0 aliphatic heterocycles. The normalized spacial score (nSPS) is 10.3. The van der Waals surface area contributed by atoms with Crippen LogP contribution in [0.5, 0.6) is 0 Å². The van der Waals surface area contributed by atoms with Crippen LogP contribution in [-0.2, 0) is 9.47 Å². The van der Waals surface area contributed by atoms with Crippen LogP contribution in [0, 0.1) is 6.92 Å². The molecule has 2 rings (SSSR count). The van der Waals surface area contributed by atoms with Gasteiger partial charge in [0.05, 0.1) is 18.9 Å². The lowest BCUT2D eigenvalue weighted by Crippen LogP contribution is -2.17. The Morgan fingerprint density at radius 2 is 1.64 bits per heavy atom. The van der Waals surface area contributed by atoms with Crippen molar-refractivity contribution < 1.29 is 19.1 Å². The topological polar surface area (TPSA) is 83.3 Å². The molecule has 0 unspecified atom stereocenters. The highest BCUT2D eigenvalue weighted by Gasteiger charge is 2.28. The van der Waals surface area contributed by atoms with E-state index in [4.69, 9.17) is 9.47 Å². The smallest absolute Gasteiger partial charge is 0.361 e. The molecule has 1 aromatic carbocycles. The van der Waals surface area contributed by atoms with Crippen LogP contribution >= 0.6 is 0 Å². The number of rotatable bonds is 5. The van der Waals surface area contributed by atoms with E-state index in [1.54, 1.807) is 26.0 Å². The lowest BCUT2D eigenvalue weighted by molar-refractivity contribution is 0.0469. The van der Waals surface area contributed by atoms with Crippen LogP contribution in [0.15, 0.2) is 24.3 Å². The molecule has 0 spiro atoms. The third-order valence-corrected chi connectivity index (χ3v) is 2.89. The summed E-state index contributed by atoms with van der Waals surface area (Å²) in [5.41, 5.74) is 1.48. The Bertz CT molecular complexity index is 677. The van der Waals surface area contributed by atoms with Crippen molar-refractivity contribution in [1.29, 1.82) is 0 Å². The molecule has 1 heterocycles. The monoisotopic (exact) mass is 303 g/mol. The fraction of sp³-hybridized carbons (Fsp3) is 0.333. The molecule has 7 heteroatoms. The number of nitrogens with zero attached hydrogens (tertiary/aromatic N) is 3. The van der Waals surface area contributed by atoms with Crippen molar-refractivity contribution in [1.82, 2.24) is 15.0 Å². The van der Waals surface area contributed by atoms with Crippen LogP contribution in [-0.4, -0.2) is 40.1 Å². The molecule has 2 aromatic rings. The van der Waals surface area contributed by atoms with Gasteiger partial charge in [0, 0.05) is 0 Å². The average Bonchev–Trinajstić information content (AvgIpc) is 2.93. The van der Waals surface area contributed by atoms with Crippen LogP contribution in [0.2, 0.25) is 0 Å². The van der Waals surface area contributed by atoms with E-state index in [0.717, 1.165) is 5.56 Å². The third-order valence-electron chi connectivity index (χ3n) is 2.89. The number of aryl methyl sites for hydroxylation is 1.